The number of benzene rings is 1. The summed E-state index contributed by atoms with van der Waals surface area (Å²) in [6.07, 6.45) is 5.68. The predicted octanol–water partition coefficient (Wildman–Crippen LogP) is 2.57. The first-order valence-corrected chi connectivity index (χ1v) is 8.03. The van der Waals surface area contributed by atoms with Crippen LogP contribution in [-0.2, 0) is 19.1 Å². The van der Waals surface area contributed by atoms with Crippen LogP contribution in [-0.4, -0.2) is 29.4 Å². The zero-order chi connectivity index (χ0) is 18.5. The lowest BCUT2D eigenvalue weighted by Gasteiger charge is -2.05. The third-order valence-corrected chi connectivity index (χ3v) is 3.65. The Morgan fingerprint density at radius 2 is 2.08 bits per heavy atom. The molecule has 0 bridgehead atoms. The van der Waals surface area contributed by atoms with E-state index in [1.807, 2.05) is 12.1 Å². The lowest BCUT2D eigenvalue weighted by Crippen LogP contribution is -2.09. The van der Waals surface area contributed by atoms with Crippen molar-refractivity contribution >= 4 is 40.8 Å². The van der Waals surface area contributed by atoms with Crippen molar-refractivity contribution in [2.75, 3.05) is 17.2 Å². The molecule has 0 aliphatic carbocycles. The fourth-order valence-corrected chi connectivity index (χ4v) is 2.52. The number of rotatable bonds is 5. The van der Waals surface area contributed by atoms with Crippen LogP contribution in [0.25, 0.3) is 11.6 Å². The first-order chi connectivity index (χ1) is 12.6. The molecule has 1 aromatic heterocycles. The van der Waals surface area contributed by atoms with Gasteiger partial charge in [0.25, 0.3) is 5.91 Å². The van der Waals surface area contributed by atoms with Crippen LogP contribution in [0.1, 0.15) is 18.2 Å². The van der Waals surface area contributed by atoms with E-state index in [1.165, 1.54) is 0 Å². The van der Waals surface area contributed by atoms with E-state index in [-0.39, 0.29) is 12.5 Å². The van der Waals surface area contributed by atoms with Gasteiger partial charge in [0, 0.05) is 41.0 Å². The van der Waals surface area contributed by atoms with Gasteiger partial charge in [-0.3, -0.25) is 9.59 Å². The largest absolute Gasteiger partial charge is 0.463 e. The molecule has 3 rings (SSSR count). The summed E-state index contributed by atoms with van der Waals surface area (Å²) >= 11 is 0. The Bertz CT molecular complexity index is 911. The topological polar surface area (TPSA) is 100 Å². The summed E-state index contributed by atoms with van der Waals surface area (Å²) in [5.41, 5.74) is 3.18. The number of carbonyl (C=O) groups excluding carboxylic acids is 3. The molecule has 0 saturated heterocycles. The molecule has 1 aliphatic rings. The van der Waals surface area contributed by atoms with Gasteiger partial charge in [-0.15, -0.1) is 0 Å². The highest BCUT2D eigenvalue weighted by Gasteiger charge is 2.24. The van der Waals surface area contributed by atoms with Crippen molar-refractivity contribution in [3.8, 4) is 0 Å². The van der Waals surface area contributed by atoms with Crippen LogP contribution in [0.5, 0.6) is 0 Å². The van der Waals surface area contributed by atoms with Gasteiger partial charge in [-0.05, 0) is 43.3 Å². The second-order valence-electron chi connectivity index (χ2n) is 5.47. The van der Waals surface area contributed by atoms with Gasteiger partial charge >= 0.3 is 5.97 Å². The zero-order valence-electron chi connectivity index (χ0n) is 14.0. The average Bonchev–Trinajstić information content (AvgIpc) is 3.22. The Morgan fingerprint density at radius 1 is 1.23 bits per heavy atom. The van der Waals surface area contributed by atoms with Crippen molar-refractivity contribution in [2.45, 2.75) is 6.92 Å². The van der Waals surface area contributed by atoms with Crippen LogP contribution in [0.2, 0.25) is 0 Å². The Kier molecular flexibility index (Phi) is 4.98. The van der Waals surface area contributed by atoms with Gasteiger partial charge in [0.05, 0.1) is 12.2 Å². The van der Waals surface area contributed by atoms with Crippen LogP contribution >= 0.6 is 0 Å². The Hall–Kier alpha value is -3.61. The fraction of sp³-hybridized carbons (Fsp3) is 0.105. The molecule has 0 saturated carbocycles. The molecule has 1 aromatic carbocycles. The van der Waals surface area contributed by atoms with Gasteiger partial charge in [-0.1, -0.05) is 0 Å². The van der Waals surface area contributed by atoms with E-state index in [4.69, 9.17) is 4.74 Å². The molecule has 0 spiro atoms. The van der Waals surface area contributed by atoms with Crippen molar-refractivity contribution in [3.05, 3.63) is 59.9 Å². The molecule has 7 nitrogen and oxygen atoms in total. The standard InChI is InChI=1S/C19H17N3O4/c1-2-26-18(24)8-7-17(23)21-13-5-6-16-14(11-13)15(19(25)22-16)10-12-4-3-9-20-12/h3-11,20H,2H2,1H3,(H,21,23)(H,22,25)/b8-7+,15-10-. The first kappa shape index (κ1) is 17.2. The minimum absolute atomic E-state index is 0.208. The molecule has 0 fully saturated rings. The number of aromatic amines is 1. The lowest BCUT2D eigenvalue weighted by atomic mass is 10.1. The molecule has 0 unspecified atom stereocenters. The molecule has 0 radical (unpaired) electrons. The third-order valence-electron chi connectivity index (χ3n) is 3.65. The van der Waals surface area contributed by atoms with Gasteiger partial charge in [0.1, 0.15) is 0 Å². The molecular weight excluding hydrogens is 334 g/mol. The minimum atomic E-state index is -0.581. The van der Waals surface area contributed by atoms with E-state index in [9.17, 15) is 14.4 Å². The number of fused-ring (bicyclic) bond motifs is 1. The van der Waals surface area contributed by atoms with E-state index in [1.54, 1.807) is 37.4 Å². The number of aromatic nitrogens is 1. The summed E-state index contributed by atoms with van der Waals surface area (Å²) in [5.74, 6) is -1.26. The summed E-state index contributed by atoms with van der Waals surface area (Å²) in [6.45, 7) is 1.93. The predicted molar refractivity (Wildman–Crippen MR) is 98.1 cm³/mol. The normalized spacial score (nSPS) is 14.3. The molecule has 132 valence electrons. The maximum atomic E-state index is 12.2. The maximum Gasteiger partial charge on any atom is 0.330 e. The summed E-state index contributed by atoms with van der Waals surface area (Å²) < 4.78 is 4.72. The van der Waals surface area contributed by atoms with E-state index >= 15 is 0 Å². The molecule has 2 aromatic rings. The quantitative estimate of drug-likeness (QED) is 0.569. The van der Waals surface area contributed by atoms with E-state index in [0.717, 1.165) is 17.8 Å². The van der Waals surface area contributed by atoms with Gasteiger partial charge in [-0.25, -0.2) is 4.79 Å². The number of hydrogen-bond donors (Lipinski definition) is 3. The van der Waals surface area contributed by atoms with Crippen molar-refractivity contribution in [1.82, 2.24) is 4.98 Å². The minimum Gasteiger partial charge on any atom is -0.463 e. The zero-order valence-corrected chi connectivity index (χ0v) is 14.0. The highest BCUT2D eigenvalue weighted by Crippen LogP contribution is 2.34. The number of hydrogen-bond acceptors (Lipinski definition) is 4. The van der Waals surface area contributed by atoms with Crippen LogP contribution in [0.3, 0.4) is 0 Å². The number of nitrogens with one attached hydrogen (secondary N) is 3. The Balaban J connectivity index is 1.78. The SMILES string of the molecule is CCOC(=O)/C=C/C(=O)Nc1ccc2c(c1)/C(=C/c1ccc[nH]1)C(=O)N2. The van der Waals surface area contributed by atoms with Gasteiger partial charge in [-0.2, -0.15) is 0 Å². The van der Waals surface area contributed by atoms with E-state index in [0.29, 0.717) is 22.5 Å². The van der Waals surface area contributed by atoms with E-state index in [2.05, 4.69) is 15.6 Å². The van der Waals surface area contributed by atoms with Crippen LogP contribution in [0.4, 0.5) is 11.4 Å². The highest BCUT2D eigenvalue weighted by atomic mass is 16.5. The number of esters is 1. The summed E-state index contributed by atoms with van der Waals surface area (Å²) in [7, 11) is 0. The summed E-state index contributed by atoms with van der Waals surface area (Å²) in [4.78, 5) is 38.4. The number of carbonyl (C=O) groups is 3. The number of amides is 2. The number of ether oxygens (including phenoxy) is 1. The number of H-pyrrole nitrogens is 1. The van der Waals surface area contributed by atoms with Crippen molar-refractivity contribution in [1.29, 1.82) is 0 Å². The number of anilines is 2. The monoisotopic (exact) mass is 351 g/mol. The molecular formula is C19H17N3O4. The van der Waals surface area contributed by atoms with Crippen LogP contribution in [0.15, 0.2) is 48.7 Å². The van der Waals surface area contributed by atoms with Gasteiger partial charge < -0.3 is 20.4 Å². The molecule has 2 amide bonds. The Morgan fingerprint density at radius 3 is 2.81 bits per heavy atom. The van der Waals surface area contributed by atoms with Crippen molar-refractivity contribution in [2.24, 2.45) is 0 Å². The molecule has 2 heterocycles. The maximum absolute atomic E-state index is 12.2. The molecule has 26 heavy (non-hydrogen) atoms. The smallest absolute Gasteiger partial charge is 0.330 e. The second kappa shape index (κ2) is 7.52. The average molecular weight is 351 g/mol. The summed E-state index contributed by atoms with van der Waals surface area (Å²) in [5, 5.41) is 5.44. The van der Waals surface area contributed by atoms with Crippen molar-refractivity contribution in [3.63, 3.8) is 0 Å². The summed E-state index contributed by atoms with van der Waals surface area (Å²) in [6, 6.07) is 8.79. The molecule has 1 aliphatic heterocycles. The third kappa shape index (κ3) is 3.89. The highest BCUT2D eigenvalue weighted by molar-refractivity contribution is 6.35. The Labute approximate surface area is 149 Å². The van der Waals surface area contributed by atoms with Crippen LogP contribution < -0.4 is 10.6 Å². The fourth-order valence-electron chi connectivity index (χ4n) is 2.52. The first-order valence-electron chi connectivity index (χ1n) is 8.03. The van der Waals surface area contributed by atoms with E-state index < -0.39 is 11.9 Å². The molecule has 7 heteroatoms. The lowest BCUT2D eigenvalue weighted by molar-refractivity contribution is -0.137. The van der Waals surface area contributed by atoms with Crippen molar-refractivity contribution < 1.29 is 19.1 Å². The van der Waals surface area contributed by atoms with Crippen LogP contribution in [0, 0.1) is 0 Å². The van der Waals surface area contributed by atoms with Gasteiger partial charge in [0.2, 0.25) is 5.91 Å². The molecule has 3 N–H and O–H groups in total. The van der Waals surface area contributed by atoms with Gasteiger partial charge in [0.15, 0.2) is 0 Å². The molecule has 0 atom stereocenters. The second-order valence-corrected chi connectivity index (χ2v) is 5.47.